The minimum atomic E-state index is 0.509. The number of hydrogen-bond donors (Lipinski definition) is 0. The minimum absolute atomic E-state index is 0.509. The van der Waals surface area contributed by atoms with Crippen molar-refractivity contribution in [2.75, 3.05) is 7.11 Å². The van der Waals surface area contributed by atoms with Crippen LogP contribution in [0.4, 0.5) is 0 Å². The first-order valence-corrected chi connectivity index (χ1v) is 7.66. The van der Waals surface area contributed by atoms with Gasteiger partial charge in [-0.3, -0.25) is 0 Å². The molecule has 120 valence electrons. The van der Waals surface area contributed by atoms with E-state index >= 15 is 0 Å². The topological polar surface area (TPSA) is 51.5 Å². The fourth-order valence-corrected chi connectivity index (χ4v) is 2.52. The molecule has 4 heteroatoms. The SMILES string of the molecule is COc1ccc(C(=CC#N)C2=COC=C(C3=CC=CCC3)O2)cc1. The molecule has 4 nitrogen and oxygen atoms in total. The van der Waals surface area contributed by atoms with Crippen molar-refractivity contribution in [3.05, 3.63) is 83.7 Å². The number of ether oxygens (including phenoxy) is 3. The number of allylic oxidation sites excluding steroid dienone is 6. The number of hydrogen-bond acceptors (Lipinski definition) is 4. The van der Waals surface area contributed by atoms with E-state index in [1.54, 1.807) is 13.4 Å². The van der Waals surface area contributed by atoms with Crippen molar-refractivity contribution in [2.45, 2.75) is 12.8 Å². The van der Waals surface area contributed by atoms with Crippen LogP contribution in [0.5, 0.6) is 5.75 Å². The second kappa shape index (κ2) is 7.38. The quantitative estimate of drug-likeness (QED) is 0.761. The molecule has 0 amide bonds. The highest BCUT2D eigenvalue weighted by molar-refractivity contribution is 5.79. The lowest BCUT2D eigenvalue weighted by atomic mass is 10.0. The summed E-state index contributed by atoms with van der Waals surface area (Å²) in [5.74, 6) is 1.94. The van der Waals surface area contributed by atoms with Gasteiger partial charge in [-0.15, -0.1) is 0 Å². The molecule has 0 fully saturated rings. The highest BCUT2D eigenvalue weighted by Gasteiger charge is 2.19. The number of nitrogens with zero attached hydrogens (tertiary/aromatic N) is 1. The highest BCUT2D eigenvalue weighted by Crippen LogP contribution is 2.33. The van der Waals surface area contributed by atoms with E-state index in [2.05, 4.69) is 12.1 Å². The summed E-state index contributed by atoms with van der Waals surface area (Å²) in [6, 6.07) is 9.52. The van der Waals surface area contributed by atoms with Crippen LogP contribution < -0.4 is 4.74 Å². The molecule has 0 N–H and O–H groups in total. The van der Waals surface area contributed by atoms with Crippen LogP contribution in [0.1, 0.15) is 18.4 Å². The Morgan fingerprint density at radius 1 is 1.25 bits per heavy atom. The van der Waals surface area contributed by atoms with E-state index in [1.807, 2.05) is 36.4 Å². The summed E-state index contributed by atoms with van der Waals surface area (Å²) in [6.07, 6.45) is 12.6. The van der Waals surface area contributed by atoms with Gasteiger partial charge < -0.3 is 14.2 Å². The number of rotatable bonds is 4. The normalized spacial score (nSPS) is 16.8. The molecule has 1 aromatic carbocycles. The number of nitriles is 1. The molecule has 24 heavy (non-hydrogen) atoms. The molecule has 0 saturated heterocycles. The van der Waals surface area contributed by atoms with Gasteiger partial charge in [0.25, 0.3) is 0 Å². The maximum absolute atomic E-state index is 9.13. The van der Waals surface area contributed by atoms with Crippen molar-refractivity contribution >= 4 is 5.57 Å². The van der Waals surface area contributed by atoms with E-state index in [0.29, 0.717) is 17.1 Å². The van der Waals surface area contributed by atoms with Crippen molar-refractivity contribution in [3.63, 3.8) is 0 Å². The maximum Gasteiger partial charge on any atom is 0.171 e. The molecule has 1 aliphatic heterocycles. The zero-order chi connectivity index (χ0) is 16.8. The fraction of sp³-hybridized carbons (Fsp3) is 0.150. The first kappa shape index (κ1) is 15.7. The van der Waals surface area contributed by atoms with Gasteiger partial charge in [0.15, 0.2) is 11.5 Å². The summed E-state index contributed by atoms with van der Waals surface area (Å²) < 4.78 is 16.6. The summed E-state index contributed by atoms with van der Waals surface area (Å²) >= 11 is 0. The Kier molecular flexibility index (Phi) is 4.83. The monoisotopic (exact) mass is 319 g/mol. The third-order valence-electron chi connectivity index (χ3n) is 3.78. The Hall–Kier alpha value is -3.19. The lowest BCUT2D eigenvalue weighted by molar-refractivity contribution is 0.243. The van der Waals surface area contributed by atoms with Crippen LogP contribution in [0.25, 0.3) is 5.57 Å². The molecule has 1 heterocycles. The van der Waals surface area contributed by atoms with Crippen LogP contribution in [-0.2, 0) is 9.47 Å². The van der Waals surface area contributed by atoms with E-state index in [9.17, 15) is 0 Å². The molecule has 0 radical (unpaired) electrons. The van der Waals surface area contributed by atoms with Crippen molar-refractivity contribution in [1.82, 2.24) is 0 Å². The summed E-state index contributed by atoms with van der Waals surface area (Å²) in [4.78, 5) is 0. The molecule has 1 aliphatic carbocycles. The van der Waals surface area contributed by atoms with Crippen LogP contribution in [-0.4, -0.2) is 7.11 Å². The standard InChI is InChI=1S/C20H17NO3/c1-22-17-9-7-15(8-10-17)18(11-12-21)20-14-23-13-19(24-20)16-5-3-2-4-6-16/h2-3,5,7-11,13-14H,4,6H2,1H3. The maximum atomic E-state index is 9.13. The van der Waals surface area contributed by atoms with Crippen molar-refractivity contribution < 1.29 is 14.2 Å². The zero-order valence-electron chi connectivity index (χ0n) is 13.4. The molecule has 2 aliphatic rings. The smallest absolute Gasteiger partial charge is 0.171 e. The zero-order valence-corrected chi connectivity index (χ0v) is 13.4. The van der Waals surface area contributed by atoms with E-state index in [4.69, 9.17) is 19.5 Å². The molecular weight excluding hydrogens is 302 g/mol. The number of methoxy groups -OCH3 is 1. The lowest BCUT2D eigenvalue weighted by Crippen LogP contribution is -2.05. The Labute approximate surface area is 141 Å². The first-order chi connectivity index (χ1) is 11.8. The van der Waals surface area contributed by atoms with Gasteiger partial charge in [-0.2, -0.15) is 5.26 Å². The third-order valence-corrected chi connectivity index (χ3v) is 3.78. The van der Waals surface area contributed by atoms with Crippen molar-refractivity contribution in [2.24, 2.45) is 0 Å². The van der Waals surface area contributed by atoms with Gasteiger partial charge in [-0.1, -0.05) is 30.4 Å². The van der Waals surface area contributed by atoms with E-state index in [-0.39, 0.29) is 0 Å². The Bertz CT molecular complexity index is 802. The summed E-state index contributed by atoms with van der Waals surface area (Å²) in [5.41, 5.74) is 2.60. The van der Waals surface area contributed by atoms with Gasteiger partial charge >= 0.3 is 0 Å². The lowest BCUT2D eigenvalue weighted by Gasteiger charge is -2.21. The van der Waals surface area contributed by atoms with Gasteiger partial charge in [0.1, 0.15) is 18.3 Å². The van der Waals surface area contributed by atoms with Crippen LogP contribution in [0.3, 0.4) is 0 Å². The average molecular weight is 319 g/mol. The first-order valence-electron chi connectivity index (χ1n) is 7.66. The molecule has 0 saturated carbocycles. The van der Waals surface area contributed by atoms with E-state index < -0.39 is 0 Å². The van der Waals surface area contributed by atoms with Crippen molar-refractivity contribution in [1.29, 1.82) is 5.26 Å². The summed E-state index contributed by atoms with van der Waals surface area (Å²) in [5, 5.41) is 9.13. The fourth-order valence-electron chi connectivity index (χ4n) is 2.52. The largest absolute Gasteiger partial charge is 0.497 e. The van der Waals surface area contributed by atoms with Crippen LogP contribution in [0.2, 0.25) is 0 Å². The van der Waals surface area contributed by atoms with Crippen LogP contribution in [0.15, 0.2) is 78.2 Å². The molecule has 0 atom stereocenters. The molecule has 3 rings (SSSR count). The molecule has 1 aromatic rings. The van der Waals surface area contributed by atoms with E-state index in [0.717, 1.165) is 29.7 Å². The predicted molar refractivity (Wildman–Crippen MR) is 91.4 cm³/mol. The third kappa shape index (κ3) is 3.41. The summed E-state index contributed by atoms with van der Waals surface area (Å²) in [6.45, 7) is 0. The molecule has 0 unspecified atom stereocenters. The van der Waals surface area contributed by atoms with E-state index in [1.165, 1.54) is 12.3 Å². The second-order valence-corrected chi connectivity index (χ2v) is 5.28. The molecular formula is C20H17NO3. The highest BCUT2D eigenvalue weighted by atomic mass is 16.5. The van der Waals surface area contributed by atoms with Crippen LogP contribution >= 0.6 is 0 Å². The van der Waals surface area contributed by atoms with Gasteiger partial charge in [0, 0.05) is 11.6 Å². The Morgan fingerprint density at radius 2 is 2.08 bits per heavy atom. The molecule has 0 aromatic heterocycles. The van der Waals surface area contributed by atoms with Crippen molar-refractivity contribution in [3.8, 4) is 11.8 Å². The van der Waals surface area contributed by atoms with Gasteiger partial charge in [-0.25, -0.2) is 0 Å². The second-order valence-electron chi connectivity index (χ2n) is 5.28. The van der Waals surface area contributed by atoms with Gasteiger partial charge in [0.2, 0.25) is 0 Å². The van der Waals surface area contributed by atoms with Crippen LogP contribution in [0, 0.1) is 11.3 Å². The number of benzene rings is 1. The predicted octanol–water partition coefficient (Wildman–Crippen LogP) is 4.61. The van der Waals surface area contributed by atoms with Gasteiger partial charge in [-0.05, 0) is 36.1 Å². The summed E-state index contributed by atoms with van der Waals surface area (Å²) in [7, 11) is 1.62. The van der Waals surface area contributed by atoms with Gasteiger partial charge in [0.05, 0.1) is 13.2 Å². The molecule has 0 spiro atoms. The Morgan fingerprint density at radius 3 is 2.75 bits per heavy atom. The minimum Gasteiger partial charge on any atom is -0.497 e. The Balaban J connectivity index is 1.85. The average Bonchev–Trinajstić information content (AvgIpc) is 2.67. The molecule has 0 bridgehead atoms.